The van der Waals surface area contributed by atoms with Crippen molar-refractivity contribution in [2.75, 3.05) is 13.2 Å². The van der Waals surface area contributed by atoms with E-state index < -0.39 is 61.1 Å². The number of amides is 3. The van der Waals surface area contributed by atoms with E-state index in [2.05, 4.69) is 10.3 Å². The first-order chi connectivity index (χ1) is 12.8. The maximum absolute atomic E-state index is 12.9. The second-order valence-electron chi connectivity index (χ2n) is 6.28. The molecule has 0 aromatic heterocycles. The van der Waals surface area contributed by atoms with Gasteiger partial charge in [0.15, 0.2) is 18.1 Å². The standard InChI is InChI=1S/C14H19N5O8/c15-13-16-10-7(11(25)17-13)18(3-1-2-6(21)22)14(26)19(10)12-9(24)8(23)5(4-20)27-12/h5,7-9,12,20,23-24H,1-4H2,(H,21,22)(H2,15,17,25)/t5-,7?,8+,9-,12-/m1/s1. The fraction of sp³-hybridized carbons (Fsp3) is 0.643. The van der Waals surface area contributed by atoms with E-state index in [0.29, 0.717) is 0 Å². The topological polar surface area (TPSA) is 196 Å². The van der Waals surface area contributed by atoms with Crippen LogP contribution in [0.15, 0.2) is 4.99 Å². The number of carbonyl (C=O) groups is 3. The molecule has 0 bridgehead atoms. The Kier molecular flexibility index (Phi) is 5.10. The van der Waals surface area contributed by atoms with E-state index in [1.54, 1.807) is 0 Å². The summed E-state index contributed by atoms with van der Waals surface area (Å²) in [6, 6.07) is -2.01. The summed E-state index contributed by atoms with van der Waals surface area (Å²) in [4.78, 5) is 41.7. The summed E-state index contributed by atoms with van der Waals surface area (Å²) in [7, 11) is 0. The number of fused-ring (bicyclic) bond motifs is 1. The van der Waals surface area contributed by atoms with Gasteiger partial charge in [0.1, 0.15) is 18.3 Å². The number of carboxylic acid groups (broad SMARTS) is 1. The lowest BCUT2D eigenvalue weighted by Crippen LogP contribution is -2.54. The number of hydrogen-bond acceptors (Lipinski definition) is 8. The van der Waals surface area contributed by atoms with Gasteiger partial charge in [0.25, 0.3) is 5.91 Å². The average molecular weight is 385 g/mol. The fourth-order valence-corrected chi connectivity index (χ4v) is 3.28. The molecule has 5 atom stereocenters. The monoisotopic (exact) mass is 385 g/mol. The zero-order valence-corrected chi connectivity index (χ0v) is 14.0. The molecule has 3 aliphatic heterocycles. The molecule has 13 heteroatoms. The van der Waals surface area contributed by atoms with Crippen LogP contribution in [0, 0.1) is 5.41 Å². The van der Waals surface area contributed by atoms with Gasteiger partial charge in [0.2, 0.25) is 5.96 Å². The summed E-state index contributed by atoms with van der Waals surface area (Å²) in [6.07, 6.45) is -5.77. The van der Waals surface area contributed by atoms with Crippen molar-refractivity contribution in [2.24, 2.45) is 4.99 Å². The van der Waals surface area contributed by atoms with Crippen molar-refractivity contribution in [2.45, 2.75) is 43.4 Å². The Balaban J connectivity index is 1.91. The third-order valence-corrected chi connectivity index (χ3v) is 4.53. The van der Waals surface area contributed by atoms with Crippen molar-refractivity contribution in [3.05, 3.63) is 0 Å². The van der Waals surface area contributed by atoms with Gasteiger partial charge < -0.3 is 30.1 Å². The molecule has 0 aromatic rings. The number of aliphatic carboxylic acids is 1. The molecule has 27 heavy (non-hydrogen) atoms. The molecule has 0 radical (unpaired) electrons. The first kappa shape index (κ1) is 19.2. The summed E-state index contributed by atoms with van der Waals surface area (Å²) in [5, 5.41) is 47.9. The zero-order chi connectivity index (χ0) is 19.9. The first-order valence-electron chi connectivity index (χ1n) is 8.18. The van der Waals surface area contributed by atoms with E-state index in [9.17, 15) is 29.7 Å². The normalized spacial score (nSPS) is 33.2. The number of amidine groups is 1. The Morgan fingerprint density at radius 3 is 2.59 bits per heavy atom. The molecule has 2 fully saturated rings. The highest BCUT2D eigenvalue weighted by atomic mass is 16.6. The maximum Gasteiger partial charge on any atom is 0.328 e. The molecule has 0 aromatic carbocycles. The highest BCUT2D eigenvalue weighted by molar-refractivity contribution is 6.25. The van der Waals surface area contributed by atoms with Crippen LogP contribution in [0.4, 0.5) is 4.79 Å². The fourth-order valence-electron chi connectivity index (χ4n) is 3.28. The van der Waals surface area contributed by atoms with Crippen LogP contribution in [0.2, 0.25) is 0 Å². The van der Waals surface area contributed by atoms with Crippen LogP contribution < -0.4 is 5.32 Å². The third kappa shape index (κ3) is 3.25. The number of carboxylic acids is 1. The predicted octanol–water partition coefficient (Wildman–Crippen LogP) is -3.14. The molecule has 3 amide bonds. The number of aliphatic imine (C=N–C) groups is 1. The number of hydrogen-bond donors (Lipinski definition) is 6. The summed E-state index contributed by atoms with van der Waals surface area (Å²) in [5.74, 6) is -2.45. The van der Waals surface area contributed by atoms with Gasteiger partial charge in [0, 0.05) is 13.0 Å². The van der Waals surface area contributed by atoms with Crippen LogP contribution in [0.25, 0.3) is 0 Å². The molecule has 0 spiro atoms. The lowest BCUT2D eigenvalue weighted by molar-refractivity contribution is -0.137. The van der Waals surface area contributed by atoms with E-state index >= 15 is 0 Å². The number of aliphatic hydroxyl groups excluding tert-OH is 3. The van der Waals surface area contributed by atoms with Crippen molar-refractivity contribution >= 4 is 29.7 Å². The van der Waals surface area contributed by atoms with E-state index in [4.69, 9.17) is 15.3 Å². The molecule has 3 aliphatic rings. The second kappa shape index (κ2) is 7.19. The smallest absolute Gasteiger partial charge is 0.328 e. The molecule has 3 rings (SSSR count). The van der Waals surface area contributed by atoms with Gasteiger partial charge in [-0.15, -0.1) is 0 Å². The van der Waals surface area contributed by atoms with E-state index in [1.807, 2.05) is 0 Å². The number of aliphatic hydroxyl groups is 3. The number of nitrogens with zero attached hydrogens (tertiary/aromatic N) is 3. The summed E-state index contributed by atoms with van der Waals surface area (Å²) >= 11 is 0. The Morgan fingerprint density at radius 2 is 2.00 bits per heavy atom. The Hall–Kier alpha value is -2.61. The van der Waals surface area contributed by atoms with Gasteiger partial charge in [-0.05, 0) is 6.42 Å². The number of nitrogens with one attached hydrogen (secondary N) is 2. The van der Waals surface area contributed by atoms with Gasteiger partial charge in [0.05, 0.1) is 6.61 Å². The van der Waals surface area contributed by atoms with Gasteiger partial charge in [-0.3, -0.25) is 20.3 Å². The summed E-state index contributed by atoms with van der Waals surface area (Å²) in [5.41, 5.74) is 0. The Morgan fingerprint density at radius 1 is 1.30 bits per heavy atom. The Bertz CT molecular complexity index is 712. The highest BCUT2D eigenvalue weighted by Crippen LogP contribution is 2.31. The van der Waals surface area contributed by atoms with Crippen LogP contribution in [0.5, 0.6) is 0 Å². The minimum atomic E-state index is -1.58. The van der Waals surface area contributed by atoms with Crippen molar-refractivity contribution in [1.82, 2.24) is 15.1 Å². The van der Waals surface area contributed by atoms with E-state index in [1.165, 1.54) is 0 Å². The van der Waals surface area contributed by atoms with Gasteiger partial charge in [-0.25, -0.2) is 9.69 Å². The molecule has 6 N–H and O–H groups in total. The number of ether oxygens (including phenoxy) is 1. The maximum atomic E-state index is 12.9. The quantitative estimate of drug-likeness (QED) is 0.276. The number of carbonyl (C=O) groups excluding carboxylic acids is 2. The molecule has 148 valence electrons. The average Bonchev–Trinajstić information content (AvgIpc) is 3.02. The second-order valence-corrected chi connectivity index (χ2v) is 6.28. The molecule has 2 saturated heterocycles. The van der Waals surface area contributed by atoms with Crippen LogP contribution in [-0.2, 0) is 14.3 Å². The number of guanidine groups is 1. The van der Waals surface area contributed by atoms with Crippen LogP contribution >= 0.6 is 0 Å². The van der Waals surface area contributed by atoms with E-state index in [0.717, 1.165) is 9.80 Å². The summed E-state index contributed by atoms with van der Waals surface area (Å²) < 4.78 is 5.35. The lowest BCUT2D eigenvalue weighted by atomic mass is 10.1. The molecule has 13 nitrogen and oxygen atoms in total. The van der Waals surface area contributed by atoms with E-state index in [-0.39, 0.29) is 25.2 Å². The third-order valence-electron chi connectivity index (χ3n) is 4.53. The van der Waals surface area contributed by atoms with Crippen molar-refractivity contribution in [3.63, 3.8) is 0 Å². The Labute approximate surface area is 152 Å². The number of urea groups is 1. The van der Waals surface area contributed by atoms with Crippen molar-refractivity contribution in [1.29, 1.82) is 5.41 Å². The van der Waals surface area contributed by atoms with Crippen molar-refractivity contribution < 1.29 is 39.5 Å². The highest BCUT2D eigenvalue weighted by Gasteiger charge is 2.56. The largest absolute Gasteiger partial charge is 0.481 e. The van der Waals surface area contributed by atoms with Crippen LogP contribution in [0.1, 0.15) is 12.8 Å². The molecule has 0 saturated carbocycles. The van der Waals surface area contributed by atoms with Gasteiger partial charge in [-0.2, -0.15) is 4.99 Å². The van der Waals surface area contributed by atoms with Gasteiger partial charge in [-0.1, -0.05) is 0 Å². The SMILES string of the molecule is N=C1N=C2C(C(=O)N1)N(CCCC(=O)O)C(=O)N2[C@@H]1O[C@H](CO)[C@H](O)[C@H]1O. The van der Waals surface area contributed by atoms with Crippen molar-refractivity contribution in [3.8, 4) is 0 Å². The van der Waals surface area contributed by atoms with Crippen LogP contribution in [-0.4, -0.2) is 104 Å². The lowest BCUT2D eigenvalue weighted by Gasteiger charge is -2.26. The minimum Gasteiger partial charge on any atom is -0.481 e. The minimum absolute atomic E-state index is 0.0688. The zero-order valence-electron chi connectivity index (χ0n) is 14.0. The molecular weight excluding hydrogens is 366 g/mol. The molecular formula is C14H19N5O8. The molecule has 3 heterocycles. The molecule has 0 aliphatic carbocycles. The van der Waals surface area contributed by atoms with Crippen LogP contribution in [0.3, 0.4) is 0 Å². The number of rotatable bonds is 6. The predicted molar refractivity (Wildman–Crippen MR) is 85.7 cm³/mol. The molecule has 1 unspecified atom stereocenters. The first-order valence-corrected chi connectivity index (χ1v) is 8.18. The summed E-state index contributed by atoms with van der Waals surface area (Å²) in [6.45, 7) is -0.688. The van der Waals surface area contributed by atoms with Gasteiger partial charge >= 0.3 is 12.0 Å².